The Morgan fingerprint density at radius 2 is 1.92 bits per heavy atom. The molecule has 0 spiro atoms. The molecule has 130 valence electrons. The van der Waals surface area contributed by atoms with Gasteiger partial charge in [0.2, 0.25) is 16.9 Å². The van der Waals surface area contributed by atoms with Crippen LogP contribution in [0.25, 0.3) is 22.5 Å². The molecule has 0 saturated carbocycles. The van der Waals surface area contributed by atoms with E-state index in [4.69, 9.17) is 25.2 Å². The molecule has 26 heavy (non-hydrogen) atoms. The Morgan fingerprint density at radius 3 is 2.69 bits per heavy atom. The third kappa shape index (κ3) is 3.00. The van der Waals surface area contributed by atoms with E-state index in [9.17, 15) is 4.79 Å². The lowest BCUT2D eigenvalue weighted by Gasteiger charge is -2.11. The summed E-state index contributed by atoms with van der Waals surface area (Å²) in [5.74, 6) is 0.806. The molecule has 0 aliphatic carbocycles. The summed E-state index contributed by atoms with van der Waals surface area (Å²) in [5.41, 5.74) is 1.99. The van der Waals surface area contributed by atoms with Crippen LogP contribution in [0.3, 0.4) is 0 Å². The zero-order valence-corrected chi connectivity index (χ0v) is 14.7. The lowest BCUT2D eigenvalue weighted by atomic mass is 10.1. The first kappa shape index (κ1) is 16.5. The van der Waals surface area contributed by atoms with Gasteiger partial charge in [-0.25, -0.2) is 0 Å². The van der Waals surface area contributed by atoms with Crippen LogP contribution in [0.5, 0.6) is 5.75 Å². The number of halogens is 1. The van der Waals surface area contributed by atoms with Gasteiger partial charge in [-0.3, -0.25) is 4.79 Å². The van der Waals surface area contributed by atoms with Gasteiger partial charge in [-0.05, 0) is 37.3 Å². The molecule has 0 amide bonds. The molecule has 0 saturated heterocycles. The lowest BCUT2D eigenvalue weighted by Crippen LogP contribution is -2.10. The van der Waals surface area contributed by atoms with Crippen molar-refractivity contribution in [1.29, 1.82) is 0 Å². The van der Waals surface area contributed by atoms with Crippen LogP contribution in [-0.4, -0.2) is 0 Å². The highest BCUT2D eigenvalue weighted by molar-refractivity contribution is 6.31. The van der Waals surface area contributed by atoms with Crippen molar-refractivity contribution in [2.45, 2.75) is 13.5 Å². The SMILES string of the molecule is Cc1ccc2oc(-c3ccco3)c(OCc3ccccc3Cl)c(=O)c2c1. The van der Waals surface area contributed by atoms with Crippen LogP contribution < -0.4 is 10.2 Å². The van der Waals surface area contributed by atoms with Crippen molar-refractivity contribution in [1.82, 2.24) is 0 Å². The Labute approximate surface area is 154 Å². The molecule has 4 aromatic rings. The number of hydrogen-bond acceptors (Lipinski definition) is 4. The van der Waals surface area contributed by atoms with Crippen LogP contribution in [0, 0.1) is 6.92 Å². The minimum atomic E-state index is -0.242. The van der Waals surface area contributed by atoms with E-state index in [0.29, 0.717) is 21.8 Å². The second-order valence-corrected chi connectivity index (χ2v) is 6.35. The maximum Gasteiger partial charge on any atom is 0.235 e. The molecule has 4 rings (SSSR count). The number of fused-ring (bicyclic) bond motifs is 1. The summed E-state index contributed by atoms with van der Waals surface area (Å²) in [4.78, 5) is 13.0. The minimum Gasteiger partial charge on any atom is -0.481 e. The van der Waals surface area contributed by atoms with E-state index in [0.717, 1.165) is 11.1 Å². The van der Waals surface area contributed by atoms with Gasteiger partial charge in [0.05, 0.1) is 11.6 Å². The van der Waals surface area contributed by atoms with Crippen molar-refractivity contribution >= 4 is 22.6 Å². The molecule has 5 heteroatoms. The highest BCUT2D eigenvalue weighted by atomic mass is 35.5. The zero-order valence-electron chi connectivity index (χ0n) is 14.0. The Hall–Kier alpha value is -2.98. The Balaban J connectivity index is 1.85. The highest BCUT2D eigenvalue weighted by Crippen LogP contribution is 2.32. The molecule has 2 heterocycles. The molecule has 4 nitrogen and oxygen atoms in total. The summed E-state index contributed by atoms with van der Waals surface area (Å²) in [5, 5.41) is 1.04. The highest BCUT2D eigenvalue weighted by Gasteiger charge is 2.20. The molecule has 2 aromatic heterocycles. The maximum absolute atomic E-state index is 13.0. The van der Waals surface area contributed by atoms with Crippen LogP contribution >= 0.6 is 11.6 Å². The van der Waals surface area contributed by atoms with Crippen molar-refractivity contribution in [3.8, 4) is 17.3 Å². The summed E-state index contributed by atoms with van der Waals surface area (Å²) in [6, 6.07) is 16.2. The first-order chi connectivity index (χ1) is 12.6. The van der Waals surface area contributed by atoms with Gasteiger partial charge in [-0.2, -0.15) is 0 Å². The number of aryl methyl sites for hydroxylation is 1. The predicted molar refractivity (Wildman–Crippen MR) is 101 cm³/mol. The molecular weight excluding hydrogens is 352 g/mol. The standard InChI is InChI=1S/C21H15ClO4/c1-13-8-9-17-15(11-13)19(23)21(20(26-17)18-7-4-10-24-18)25-12-14-5-2-3-6-16(14)22/h2-11H,12H2,1H3. The first-order valence-corrected chi connectivity index (χ1v) is 8.49. The van der Waals surface area contributed by atoms with Crippen LogP contribution in [0.4, 0.5) is 0 Å². The van der Waals surface area contributed by atoms with Crippen LogP contribution in [0.15, 0.2) is 74.5 Å². The van der Waals surface area contributed by atoms with E-state index >= 15 is 0 Å². The van der Waals surface area contributed by atoms with Gasteiger partial charge in [0.15, 0.2) is 5.76 Å². The number of ether oxygens (including phenoxy) is 1. The van der Waals surface area contributed by atoms with Crippen LogP contribution in [0.2, 0.25) is 5.02 Å². The average molecular weight is 367 g/mol. The van der Waals surface area contributed by atoms with Crippen LogP contribution in [-0.2, 0) is 6.61 Å². The zero-order chi connectivity index (χ0) is 18.1. The Kier molecular flexibility index (Phi) is 4.27. The van der Waals surface area contributed by atoms with E-state index in [1.165, 1.54) is 6.26 Å². The van der Waals surface area contributed by atoms with E-state index in [2.05, 4.69) is 0 Å². The summed E-state index contributed by atoms with van der Waals surface area (Å²) >= 11 is 6.19. The molecule has 0 atom stereocenters. The predicted octanol–water partition coefficient (Wildman–Crippen LogP) is 5.59. The Morgan fingerprint density at radius 1 is 1.08 bits per heavy atom. The van der Waals surface area contributed by atoms with E-state index in [1.54, 1.807) is 30.3 Å². The molecule has 0 aliphatic rings. The molecule has 0 fully saturated rings. The second-order valence-electron chi connectivity index (χ2n) is 5.95. The molecule has 0 unspecified atom stereocenters. The smallest absolute Gasteiger partial charge is 0.235 e. The summed E-state index contributed by atoms with van der Waals surface area (Å²) in [6.07, 6.45) is 1.52. The van der Waals surface area contributed by atoms with Gasteiger partial charge >= 0.3 is 0 Å². The molecule has 0 N–H and O–H groups in total. The van der Waals surface area contributed by atoms with Gasteiger partial charge in [0.1, 0.15) is 12.2 Å². The van der Waals surface area contributed by atoms with Gasteiger partial charge in [0, 0.05) is 10.6 Å². The monoisotopic (exact) mass is 366 g/mol. The van der Waals surface area contributed by atoms with Crippen molar-refractivity contribution in [3.05, 3.63) is 87.2 Å². The lowest BCUT2D eigenvalue weighted by molar-refractivity contribution is 0.296. The van der Waals surface area contributed by atoms with Crippen LogP contribution in [0.1, 0.15) is 11.1 Å². The van der Waals surface area contributed by atoms with Gasteiger partial charge < -0.3 is 13.6 Å². The van der Waals surface area contributed by atoms with Crippen molar-refractivity contribution < 1.29 is 13.6 Å². The first-order valence-electron chi connectivity index (χ1n) is 8.11. The fourth-order valence-corrected chi connectivity index (χ4v) is 2.95. The molecule has 2 aromatic carbocycles. The fraction of sp³-hybridized carbons (Fsp3) is 0.0952. The molecule has 0 radical (unpaired) electrons. The number of furan rings is 1. The fourth-order valence-electron chi connectivity index (χ4n) is 2.76. The number of rotatable bonds is 4. The molecule has 0 bridgehead atoms. The third-order valence-electron chi connectivity index (χ3n) is 4.08. The normalized spacial score (nSPS) is 11.0. The topological polar surface area (TPSA) is 52.6 Å². The second kappa shape index (κ2) is 6.73. The van der Waals surface area contributed by atoms with Crippen molar-refractivity contribution in [2.24, 2.45) is 0 Å². The summed E-state index contributed by atoms with van der Waals surface area (Å²) in [6.45, 7) is 2.07. The van der Waals surface area contributed by atoms with Crippen molar-refractivity contribution in [2.75, 3.05) is 0 Å². The third-order valence-corrected chi connectivity index (χ3v) is 4.45. The minimum absolute atomic E-state index is 0.109. The van der Waals surface area contributed by atoms with Gasteiger partial charge in [-0.1, -0.05) is 41.4 Å². The number of hydrogen-bond donors (Lipinski definition) is 0. The molecule has 0 aliphatic heterocycles. The summed E-state index contributed by atoms with van der Waals surface area (Å²) in [7, 11) is 0. The molecular formula is C21H15ClO4. The van der Waals surface area contributed by atoms with Crippen molar-refractivity contribution in [3.63, 3.8) is 0 Å². The number of benzene rings is 2. The van der Waals surface area contributed by atoms with E-state index in [1.807, 2.05) is 31.2 Å². The summed E-state index contributed by atoms with van der Waals surface area (Å²) < 4.78 is 17.2. The largest absolute Gasteiger partial charge is 0.481 e. The quantitative estimate of drug-likeness (QED) is 0.472. The Bertz CT molecular complexity index is 1130. The van der Waals surface area contributed by atoms with Gasteiger partial charge in [0.25, 0.3) is 0 Å². The van der Waals surface area contributed by atoms with Gasteiger partial charge in [-0.15, -0.1) is 0 Å². The van der Waals surface area contributed by atoms with E-state index in [-0.39, 0.29) is 23.5 Å². The van der Waals surface area contributed by atoms with E-state index < -0.39 is 0 Å². The maximum atomic E-state index is 13.0. The average Bonchev–Trinajstić information content (AvgIpc) is 3.17.